The molecule has 0 saturated heterocycles. The summed E-state index contributed by atoms with van der Waals surface area (Å²) < 4.78 is 0. The van der Waals surface area contributed by atoms with Gasteiger partial charge in [-0.1, -0.05) is 6.07 Å². The average molecular weight is 186 g/mol. The molecule has 0 heterocycles. The highest BCUT2D eigenvalue weighted by molar-refractivity contribution is 5.61. The predicted octanol–water partition coefficient (Wildman–Crippen LogP) is 1.90. The van der Waals surface area contributed by atoms with Crippen molar-refractivity contribution >= 4 is 19.1 Å². The van der Waals surface area contributed by atoms with Gasteiger partial charge in [0, 0.05) is 13.4 Å². The second kappa shape index (κ2) is 4.19. The first-order valence-corrected chi connectivity index (χ1v) is 3.97. The number of aryl methyl sites for hydroxylation is 1. The Hall–Kier alpha value is -2.15. The quantitative estimate of drug-likeness (QED) is 0.534. The van der Waals surface area contributed by atoms with Gasteiger partial charge in [-0.3, -0.25) is 0 Å². The highest BCUT2D eigenvalue weighted by atomic mass is 15.6. The summed E-state index contributed by atoms with van der Waals surface area (Å²) in [4.78, 5) is 0. The van der Waals surface area contributed by atoms with Gasteiger partial charge in [-0.15, -0.1) is 0 Å². The molecule has 14 heavy (non-hydrogen) atoms. The lowest BCUT2D eigenvalue weighted by molar-refractivity contribution is 0.942. The number of anilines is 1. The highest BCUT2D eigenvalue weighted by Crippen LogP contribution is 2.21. The lowest BCUT2D eigenvalue weighted by atomic mass is 10.1. The molecule has 0 spiro atoms. The third-order valence-corrected chi connectivity index (χ3v) is 1.76. The van der Waals surface area contributed by atoms with E-state index in [4.69, 9.17) is 5.26 Å². The molecule has 0 fully saturated rings. The lowest BCUT2D eigenvalue weighted by Crippen LogP contribution is -2.07. The maximum Gasteiger partial charge on any atom is 0.103 e. The highest BCUT2D eigenvalue weighted by Gasteiger charge is 2.07. The smallest absolute Gasteiger partial charge is 0.103 e. The van der Waals surface area contributed by atoms with E-state index in [0.29, 0.717) is 11.3 Å². The van der Waals surface area contributed by atoms with Crippen molar-refractivity contribution < 1.29 is 0 Å². The Morgan fingerprint density at radius 3 is 2.50 bits per heavy atom. The van der Waals surface area contributed by atoms with Crippen molar-refractivity contribution in [1.82, 2.24) is 0 Å². The fourth-order valence-electron chi connectivity index (χ4n) is 1.11. The Kier molecular flexibility index (Phi) is 2.97. The fourth-order valence-corrected chi connectivity index (χ4v) is 1.11. The van der Waals surface area contributed by atoms with Crippen LogP contribution < -0.4 is 5.12 Å². The molecular weight excluding hydrogens is 176 g/mol. The number of hydrogen-bond acceptors (Lipinski definition) is 4. The van der Waals surface area contributed by atoms with Crippen LogP contribution >= 0.6 is 0 Å². The van der Waals surface area contributed by atoms with Gasteiger partial charge >= 0.3 is 0 Å². The van der Waals surface area contributed by atoms with Crippen LogP contribution in [0.5, 0.6) is 0 Å². The standard InChI is InChI=1S/C10H10N4/c1-8-4-5-10(9(6-8)7-11)14(12-2)13-3/h4-6H,2-3H2,1H3. The van der Waals surface area contributed by atoms with Crippen LogP contribution in [-0.4, -0.2) is 13.4 Å². The van der Waals surface area contributed by atoms with Gasteiger partial charge in [0.2, 0.25) is 0 Å². The van der Waals surface area contributed by atoms with E-state index >= 15 is 0 Å². The van der Waals surface area contributed by atoms with E-state index in [0.717, 1.165) is 5.56 Å². The number of hydrogen-bond donors (Lipinski definition) is 0. The van der Waals surface area contributed by atoms with Gasteiger partial charge in [0.05, 0.1) is 5.56 Å². The normalized spacial score (nSPS) is 8.86. The zero-order valence-electron chi connectivity index (χ0n) is 7.94. The van der Waals surface area contributed by atoms with Gasteiger partial charge in [-0.25, -0.2) is 0 Å². The van der Waals surface area contributed by atoms with Crippen molar-refractivity contribution in [2.24, 2.45) is 10.2 Å². The molecule has 0 aliphatic rings. The second-order valence-corrected chi connectivity index (χ2v) is 2.70. The van der Waals surface area contributed by atoms with Crippen LogP contribution in [0, 0.1) is 18.3 Å². The van der Waals surface area contributed by atoms with Crippen LogP contribution in [0.3, 0.4) is 0 Å². The zero-order valence-corrected chi connectivity index (χ0v) is 7.94. The molecule has 0 saturated carbocycles. The molecule has 1 aromatic rings. The van der Waals surface area contributed by atoms with Crippen LogP contribution in [0.15, 0.2) is 28.4 Å². The molecule has 0 atom stereocenters. The summed E-state index contributed by atoms with van der Waals surface area (Å²) >= 11 is 0. The number of nitriles is 1. The zero-order chi connectivity index (χ0) is 10.6. The monoisotopic (exact) mass is 186 g/mol. The molecule has 1 rings (SSSR count). The molecule has 0 aromatic heterocycles. The first kappa shape index (κ1) is 9.93. The van der Waals surface area contributed by atoms with E-state index in [-0.39, 0.29) is 0 Å². The Morgan fingerprint density at radius 1 is 1.36 bits per heavy atom. The largest absolute Gasteiger partial charge is 0.192 e. The Morgan fingerprint density at radius 2 is 2.00 bits per heavy atom. The molecule has 0 bridgehead atoms. The summed E-state index contributed by atoms with van der Waals surface area (Å²) in [5, 5.41) is 17.3. The second-order valence-electron chi connectivity index (χ2n) is 2.70. The molecule has 0 aliphatic heterocycles. The summed E-state index contributed by atoms with van der Waals surface area (Å²) in [6.45, 7) is 8.59. The summed E-state index contributed by atoms with van der Waals surface area (Å²) in [6, 6.07) is 7.47. The number of rotatable bonds is 3. The molecule has 1 aromatic carbocycles. The minimum atomic E-state index is 0.504. The molecule has 4 nitrogen and oxygen atoms in total. The Bertz CT molecular complexity index is 395. The number of hydrazone groups is 2. The van der Waals surface area contributed by atoms with Crippen molar-refractivity contribution in [3.05, 3.63) is 29.3 Å². The van der Waals surface area contributed by atoms with E-state index in [2.05, 4.69) is 29.7 Å². The first-order chi connectivity index (χ1) is 6.72. The number of nitrogens with zero attached hydrogens (tertiary/aromatic N) is 4. The van der Waals surface area contributed by atoms with E-state index in [1.54, 1.807) is 12.1 Å². The van der Waals surface area contributed by atoms with Gasteiger partial charge in [-0.05, 0) is 24.6 Å². The van der Waals surface area contributed by atoms with E-state index < -0.39 is 0 Å². The van der Waals surface area contributed by atoms with Crippen molar-refractivity contribution in [2.45, 2.75) is 6.92 Å². The minimum Gasteiger partial charge on any atom is -0.192 e. The van der Waals surface area contributed by atoms with Gasteiger partial charge in [-0.2, -0.15) is 20.6 Å². The van der Waals surface area contributed by atoms with E-state index in [9.17, 15) is 0 Å². The molecule has 70 valence electrons. The van der Waals surface area contributed by atoms with Crippen LogP contribution in [-0.2, 0) is 0 Å². The van der Waals surface area contributed by atoms with Crippen LogP contribution in [0.25, 0.3) is 0 Å². The predicted molar refractivity (Wildman–Crippen MR) is 57.5 cm³/mol. The summed E-state index contributed by atoms with van der Waals surface area (Å²) in [5.74, 6) is 0. The molecule has 0 aliphatic carbocycles. The van der Waals surface area contributed by atoms with Crippen molar-refractivity contribution in [3.63, 3.8) is 0 Å². The molecule has 0 amide bonds. The topological polar surface area (TPSA) is 51.8 Å². The maximum absolute atomic E-state index is 8.88. The molecule has 0 unspecified atom stereocenters. The van der Waals surface area contributed by atoms with Gasteiger partial charge in [0.1, 0.15) is 11.8 Å². The Balaban J connectivity index is 3.27. The molecule has 0 radical (unpaired) electrons. The van der Waals surface area contributed by atoms with Crippen LogP contribution in [0.2, 0.25) is 0 Å². The lowest BCUT2D eigenvalue weighted by Gasteiger charge is -2.12. The minimum absolute atomic E-state index is 0.504. The summed E-state index contributed by atoms with van der Waals surface area (Å²) in [7, 11) is 0. The van der Waals surface area contributed by atoms with E-state index in [1.165, 1.54) is 5.12 Å². The third-order valence-electron chi connectivity index (χ3n) is 1.76. The van der Waals surface area contributed by atoms with Crippen LogP contribution in [0.1, 0.15) is 11.1 Å². The van der Waals surface area contributed by atoms with E-state index in [1.807, 2.05) is 13.0 Å². The maximum atomic E-state index is 8.88. The van der Waals surface area contributed by atoms with Crippen molar-refractivity contribution in [2.75, 3.05) is 5.12 Å². The van der Waals surface area contributed by atoms with Crippen LogP contribution in [0.4, 0.5) is 5.69 Å². The molecular formula is C10H10N4. The Labute approximate surface area is 82.8 Å². The van der Waals surface area contributed by atoms with Gasteiger partial charge in [0.25, 0.3) is 0 Å². The van der Waals surface area contributed by atoms with Gasteiger partial charge in [0.15, 0.2) is 0 Å². The average Bonchev–Trinajstić information content (AvgIpc) is 2.21. The fraction of sp³-hybridized carbons (Fsp3) is 0.100. The van der Waals surface area contributed by atoms with Crippen molar-refractivity contribution in [3.8, 4) is 6.07 Å². The van der Waals surface area contributed by atoms with Gasteiger partial charge < -0.3 is 0 Å². The van der Waals surface area contributed by atoms with Crippen molar-refractivity contribution in [1.29, 1.82) is 5.26 Å². The number of benzene rings is 1. The third kappa shape index (κ3) is 1.77. The first-order valence-electron chi connectivity index (χ1n) is 3.97. The SMILES string of the molecule is C=NN(N=C)c1ccc(C)cc1C#N. The molecule has 4 heteroatoms. The summed E-state index contributed by atoms with van der Waals surface area (Å²) in [6.07, 6.45) is 0. The summed E-state index contributed by atoms with van der Waals surface area (Å²) in [5.41, 5.74) is 2.10. The molecule has 0 N–H and O–H groups in total.